The minimum Gasteiger partial charge on any atom is -0.382 e. The third-order valence-corrected chi connectivity index (χ3v) is 2.15. The van der Waals surface area contributed by atoms with Crippen molar-refractivity contribution in [3.05, 3.63) is 17.7 Å². The van der Waals surface area contributed by atoms with Crippen LogP contribution in [-0.2, 0) is 9.47 Å². The van der Waals surface area contributed by atoms with E-state index in [1.54, 1.807) is 7.11 Å². The zero-order valence-electron chi connectivity index (χ0n) is 10.2. The number of pyridine rings is 1. The number of hydrogen-bond donors (Lipinski definition) is 2. The lowest BCUT2D eigenvalue weighted by Gasteiger charge is -2.08. The van der Waals surface area contributed by atoms with Gasteiger partial charge in [0, 0.05) is 26.3 Å². The van der Waals surface area contributed by atoms with Gasteiger partial charge in [0.15, 0.2) is 23.3 Å². The molecule has 3 N–H and O–H groups in total. The first-order valence-corrected chi connectivity index (χ1v) is 5.57. The van der Waals surface area contributed by atoms with E-state index in [9.17, 15) is 8.78 Å². The van der Waals surface area contributed by atoms with Crippen molar-refractivity contribution < 1.29 is 18.3 Å². The van der Waals surface area contributed by atoms with Crippen LogP contribution in [0.3, 0.4) is 0 Å². The molecule has 0 atom stereocenters. The van der Waals surface area contributed by atoms with Crippen LogP contribution in [0, 0.1) is 11.6 Å². The molecule has 0 saturated heterocycles. The van der Waals surface area contributed by atoms with Crippen LogP contribution in [0.4, 0.5) is 20.4 Å². The Labute approximate surface area is 104 Å². The number of nitrogens with one attached hydrogen (secondary N) is 1. The van der Waals surface area contributed by atoms with Gasteiger partial charge in [-0.15, -0.1) is 0 Å². The van der Waals surface area contributed by atoms with Crippen LogP contribution >= 0.6 is 0 Å². The lowest BCUT2D eigenvalue weighted by Crippen LogP contribution is -2.11. The first-order chi connectivity index (χ1) is 8.65. The number of ether oxygens (including phenoxy) is 2. The van der Waals surface area contributed by atoms with Crippen molar-refractivity contribution >= 4 is 11.6 Å². The van der Waals surface area contributed by atoms with Gasteiger partial charge in [0.25, 0.3) is 0 Å². The number of aromatic nitrogens is 1. The lowest BCUT2D eigenvalue weighted by atomic mass is 10.4. The molecule has 0 aliphatic rings. The summed E-state index contributed by atoms with van der Waals surface area (Å²) in [7, 11) is 1.60. The number of hydrogen-bond acceptors (Lipinski definition) is 5. The molecule has 0 radical (unpaired) electrons. The van der Waals surface area contributed by atoms with Crippen molar-refractivity contribution in [1.82, 2.24) is 4.98 Å². The van der Waals surface area contributed by atoms with Gasteiger partial charge in [0.2, 0.25) is 0 Å². The highest BCUT2D eigenvalue weighted by Gasteiger charge is 2.08. The van der Waals surface area contributed by atoms with Crippen molar-refractivity contribution in [2.24, 2.45) is 0 Å². The molecule has 5 nitrogen and oxygen atoms in total. The predicted octanol–water partition coefficient (Wildman–Crippen LogP) is 1.41. The Balaban J connectivity index is 2.25. The van der Waals surface area contributed by atoms with Gasteiger partial charge in [-0.05, 0) is 6.42 Å². The van der Waals surface area contributed by atoms with E-state index in [4.69, 9.17) is 15.2 Å². The number of rotatable bonds is 8. The second-order valence-corrected chi connectivity index (χ2v) is 3.57. The van der Waals surface area contributed by atoms with Gasteiger partial charge in [0.05, 0.1) is 13.2 Å². The molecule has 102 valence electrons. The molecule has 0 aliphatic heterocycles. The van der Waals surface area contributed by atoms with Crippen LogP contribution in [0.25, 0.3) is 0 Å². The molecule has 0 amide bonds. The monoisotopic (exact) mass is 261 g/mol. The maximum Gasteiger partial charge on any atom is 0.168 e. The summed E-state index contributed by atoms with van der Waals surface area (Å²) in [6, 6.07) is 0.708. The first kappa shape index (κ1) is 14.6. The van der Waals surface area contributed by atoms with Gasteiger partial charge in [0.1, 0.15) is 0 Å². The van der Waals surface area contributed by atoms with Crippen molar-refractivity contribution in [2.45, 2.75) is 6.42 Å². The molecule has 0 aliphatic carbocycles. The van der Waals surface area contributed by atoms with E-state index < -0.39 is 11.6 Å². The van der Waals surface area contributed by atoms with Crippen LogP contribution in [0.5, 0.6) is 0 Å². The molecule has 0 unspecified atom stereocenters. The summed E-state index contributed by atoms with van der Waals surface area (Å²) in [5, 5.41) is 2.73. The Morgan fingerprint density at radius 1 is 1.28 bits per heavy atom. The Morgan fingerprint density at radius 3 is 2.78 bits per heavy atom. The number of nitrogen functional groups attached to an aromatic ring is 1. The quantitative estimate of drug-likeness (QED) is 0.692. The second kappa shape index (κ2) is 7.78. The highest BCUT2D eigenvalue weighted by atomic mass is 19.1. The van der Waals surface area contributed by atoms with Gasteiger partial charge in [-0.3, -0.25) is 0 Å². The summed E-state index contributed by atoms with van der Waals surface area (Å²) < 4.78 is 36.1. The third kappa shape index (κ3) is 4.80. The molecule has 1 rings (SSSR count). The fourth-order valence-electron chi connectivity index (χ4n) is 1.23. The lowest BCUT2D eigenvalue weighted by molar-refractivity contribution is 0.0705. The van der Waals surface area contributed by atoms with E-state index >= 15 is 0 Å². The normalized spacial score (nSPS) is 10.6. The maximum atomic E-state index is 13.2. The van der Waals surface area contributed by atoms with Crippen LogP contribution < -0.4 is 11.1 Å². The van der Waals surface area contributed by atoms with E-state index in [2.05, 4.69) is 10.3 Å². The molecular formula is C11H17F2N3O2. The standard InChI is InChI=1S/C11H17F2N3O2/c1-17-5-6-18-4-2-3-15-11-9(13)7-8(12)10(14)16-11/h7H,2-6H2,1H3,(H3,14,15,16). The third-order valence-electron chi connectivity index (χ3n) is 2.15. The summed E-state index contributed by atoms with van der Waals surface area (Å²) in [6.45, 7) is 2.04. The summed E-state index contributed by atoms with van der Waals surface area (Å²) >= 11 is 0. The minimum atomic E-state index is -0.860. The van der Waals surface area contributed by atoms with E-state index in [0.717, 1.165) is 0 Å². The average Bonchev–Trinajstić information content (AvgIpc) is 2.34. The number of halogens is 2. The van der Waals surface area contributed by atoms with E-state index in [-0.39, 0.29) is 11.6 Å². The van der Waals surface area contributed by atoms with Crippen molar-refractivity contribution in [3.63, 3.8) is 0 Å². The van der Waals surface area contributed by atoms with Gasteiger partial charge < -0.3 is 20.5 Å². The topological polar surface area (TPSA) is 69.4 Å². The Morgan fingerprint density at radius 2 is 2.06 bits per heavy atom. The highest BCUT2D eigenvalue weighted by Crippen LogP contribution is 2.16. The van der Waals surface area contributed by atoms with E-state index in [1.165, 1.54) is 0 Å². The number of nitrogens with two attached hydrogens (primary N) is 1. The highest BCUT2D eigenvalue weighted by molar-refractivity contribution is 5.44. The molecule has 18 heavy (non-hydrogen) atoms. The molecule has 0 saturated carbocycles. The van der Waals surface area contributed by atoms with Crippen LogP contribution in [-0.4, -0.2) is 38.5 Å². The number of anilines is 2. The molecule has 0 aromatic carbocycles. The number of methoxy groups -OCH3 is 1. The Kier molecular flexibility index (Phi) is 6.31. The average molecular weight is 261 g/mol. The summed E-state index contributed by atoms with van der Waals surface area (Å²) in [6.07, 6.45) is 0.669. The van der Waals surface area contributed by atoms with Crippen molar-refractivity contribution in [2.75, 3.05) is 44.5 Å². The molecule has 1 aromatic heterocycles. The second-order valence-electron chi connectivity index (χ2n) is 3.57. The SMILES string of the molecule is COCCOCCCNc1nc(N)c(F)cc1F. The van der Waals surface area contributed by atoms with Gasteiger partial charge >= 0.3 is 0 Å². The molecule has 1 aromatic rings. The van der Waals surface area contributed by atoms with Gasteiger partial charge in [-0.1, -0.05) is 0 Å². The maximum absolute atomic E-state index is 13.2. The van der Waals surface area contributed by atoms with Crippen LogP contribution in [0.2, 0.25) is 0 Å². The summed E-state index contributed by atoms with van der Waals surface area (Å²) in [4.78, 5) is 3.58. The predicted molar refractivity (Wildman–Crippen MR) is 64.4 cm³/mol. The van der Waals surface area contributed by atoms with Gasteiger partial charge in [-0.2, -0.15) is 0 Å². The van der Waals surface area contributed by atoms with E-state index in [0.29, 0.717) is 38.9 Å². The zero-order valence-corrected chi connectivity index (χ0v) is 10.2. The fraction of sp³-hybridized carbons (Fsp3) is 0.545. The van der Waals surface area contributed by atoms with Crippen LogP contribution in [0.1, 0.15) is 6.42 Å². The minimum absolute atomic E-state index is 0.0502. The molecule has 0 spiro atoms. The molecule has 7 heteroatoms. The Hall–Kier alpha value is -1.47. The molecule has 1 heterocycles. The summed E-state index contributed by atoms with van der Waals surface area (Å²) in [5.41, 5.74) is 5.24. The zero-order chi connectivity index (χ0) is 13.4. The largest absolute Gasteiger partial charge is 0.382 e. The number of nitrogens with zero attached hydrogens (tertiary/aromatic N) is 1. The summed E-state index contributed by atoms with van der Waals surface area (Å²) in [5.74, 6) is -2.00. The smallest absolute Gasteiger partial charge is 0.168 e. The van der Waals surface area contributed by atoms with Crippen molar-refractivity contribution in [3.8, 4) is 0 Å². The molecular weight excluding hydrogens is 244 g/mol. The first-order valence-electron chi connectivity index (χ1n) is 5.57. The van der Waals surface area contributed by atoms with Gasteiger partial charge in [-0.25, -0.2) is 13.8 Å². The van der Waals surface area contributed by atoms with E-state index in [1.807, 2.05) is 0 Å². The molecule has 0 fully saturated rings. The van der Waals surface area contributed by atoms with Crippen LogP contribution in [0.15, 0.2) is 6.07 Å². The fourth-order valence-corrected chi connectivity index (χ4v) is 1.23. The van der Waals surface area contributed by atoms with Crippen molar-refractivity contribution in [1.29, 1.82) is 0 Å². The Bertz CT molecular complexity index is 378. The molecule has 0 bridgehead atoms.